The van der Waals surface area contributed by atoms with E-state index in [4.69, 9.17) is 4.74 Å². The Balaban J connectivity index is 1.73. The number of likely N-dealkylation sites (tertiary alicyclic amines) is 1. The van der Waals surface area contributed by atoms with Gasteiger partial charge in [0.15, 0.2) is 0 Å². The van der Waals surface area contributed by atoms with Crippen molar-refractivity contribution >= 4 is 12.6 Å². The molecule has 1 N–H and O–H groups in total. The van der Waals surface area contributed by atoms with E-state index in [0.717, 1.165) is 67.1 Å². The number of nitrogens with one attached hydrogen (secondary N) is 1. The lowest BCUT2D eigenvalue weighted by Gasteiger charge is -2.33. The third kappa shape index (κ3) is 4.94. The molecule has 1 heterocycles. The molecule has 1 saturated heterocycles. The average Bonchev–Trinajstić information content (AvgIpc) is 3.48. The molecule has 2 fully saturated rings. The van der Waals surface area contributed by atoms with Crippen molar-refractivity contribution in [1.82, 2.24) is 10.2 Å². The van der Waals surface area contributed by atoms with Gasteiger partial charge in [0.05, 0.1) is 7.11 Å². The van der Waals surface area contributed by atoms with Gasteiger partial charge in [-0.1, -0.05) is 17.7 Å². The van der Waals surface area contributed by atoms with E-state index in [2.05, 4.69) is 36.1 Å². The summed E-state index contributed by atoms with van der Waals surface area (Å²) in [5.41, 5.74) is 4.03. The van der Waals surface area contributed by atoms with Crippen molar-refractivity contribution in [2.45, 2.75) is 64.8 Å². The highest BCUT2D eigenvalue weighted by molar-refractivity contribution is 5.98. The summed E-state index contributed by atoms with van der Waals surface area (Å²) in [7, 11) is 1.70. The van der Waals surface area contributed by atoms with E-state index in [1.54, 1.807) is 7.11 Å². The highest BCUT2D eigenvalue weighted by Gasteiger charge is 2.38. The quantitative estimate of drug-likeness (QED) is 0.399. The van der Waals surface area contributed by atoms with E-state index in [1.807, 2.05) is 37.8 Å². The van der Waals surface area contributed by atoms with Crippen LogP contribution in [-0.2, 0) is 4.79 Å². The minimum absolute atomic E-state index is 0.0860. The molecule has 1 aliphatic heterocycles. The number of carbonyl (C=O) groups is 1. The zero-order valence-corrected chi connectivity index (χ0v) is 19.0. The van der Waals surface area contributed by atoms with Gasteiger partial charge < -0.3 is 15.0 Å². The molecule has 3 rings (SSSR count). The zero-order valence-electron chi connectivity index (χ0n) is 19.0. The van der Waals surface area contributed by atoms with Crippen molar-refractivity contribution in [3.8, 4) is 5.75 Å². The number of allylic oxidation sites excluding steroid dienone is 1. The molecule has 0 unspecified atom stereocenters. The normalized spacial score (nSPS) is 18.9. The van der Waals surface area contributed by atoms with Gasteiger partial charge in [0, 0.05) is 29.8 Å². The number of piperidine rings is 1. The topological polar surface area (TPSA) is 53.9 Å². The summed E-state index contributed by atoms with van der Waals surface area (Å²) >= 11 is 0. The zero-order chi connectivity index (χ0) is 21.9. The van der Waals surface area contributed by atoms with Crippen molar-refractivity contribution < 1.29 is 9.53 Å². The van der Waals surface area contributed by atoms with Crippen LogP contribution in [0.5, 0.6) is 5.75 Å². The van der Waals surface area contributed by atoms with Crippen LogP contribution in [-0.4, -0.2) is 43.3 Å². The minimum atomic E-state index is 0.0860. The Bertz CT molecular complexity index is 868. The van der Waals surface area contributed by atoms with Gasteiger partial charge in [0.2, 0.25) is 0 Å². The molecule has 0 atom stereocenters. The Kier molecular flexibility index (Phi) is 6.69. The van der Waals surface area contributed by atoms with Crippen molar-refractivity contribution in [3.63, 3.8) is 0 Å². The first kappa shape index (κ1) is 22.1. The lowest BCUT2D eigenvalue weighted by atomic mass is 9.88. The van der Waals surface area contributed by atoms with Crippen LogP contribution in [0.1, 0.15) is 64.9 Å². The molecule has 0 aromatic heterocycles. The number of nitrogens with zero attached hydrogens (tertiary/aromatic N) is 2. The van der Waals surface area contributed by atoms with Crippen LogP contribution in [0.4, 0.5) is 0 Å². The standard InChI is InChI=1S/C25H35N3O2/c1-17(2)22(18(3)23(26-5)27-25(4)12-13-25)24(29)28-14-10-19(11-15-28)20-8-7-9-21(16-20)30-6/h7-9,16,19,27H,5,10-15H2,1-4,6H3/b23-18-. The van der Waals surface area contributed by atoms with Gasteiger partial charge in [0.1, 0.15) is 11.6 Å². The monoisotopic (exact) mass is 409 g/mol. The molecule has 2 aliphatic rings. The Hall–Kier alpha value is -2.56. The van der Waals surface area contributed by atoms with Crippen LogP contribution in [0.3, 0.4) is 0 Å². The van der Waals surface area contributed by atoms with E-state index in [0.29, 0.717) is 5.92 Å². The number of hydrogen-bond donors (Lipinski definition) is 1. The van der Waals surface area contributed by atoms with Crippen LogP contribution < -0.4 is 10.1 Å². The largest absolute Gasteiger partial charge is 0.497 e. The second-order valence-electron chi connectivity index (χ2n) is 9.04. The van der Waals surface area contributed by atoms with Crippen molar-refractivity contribution in [3.05, 3.63) is 52.4 Å². The summed E-state index contributed by atoms with van der Waals surface area (Å²) in [6.07, 6.45) is 4.16. The number of amides is 1. The van der Waals surface area contributed by atoms with Gasteiger partial charge >= 0.3 is 0 Å². The number of benzene rings is 1. The van der Waals surface area contributed by atoms with Gasteiger partial charge in [-0.05, 0) is 83.7 Å². The summed E-state index contributed by atoms with van der Waals surface area (Å²) < 4.78 is 5.37. The Labute approximate surface area is 180 Å². The summed E-state index contributed by atoms with van der Waals surface area (Å²) in [5.74, 6) is 2.17. The number of carbonyl (C=O) groups excluding carboxylic acids is 1. The molecule has 0 bridgehead atoms. The molecular weight excluding hydrogens is 374 g/mol. The number of hydrogen-bond acceptors (Lipinski definition) is 4. The molecule has 30 heavy (non-hydrogen) atoms. The predicted octanol–water partition coefficient (Wildman–Crippen LogP) is 4.81. The lowest BCUT2D eigenvalue weighted by Crippen LogP contribution is -2.39. The molecular formula is C25H35N3O2. The Morgan fingerprint density at radius 1 is 1.23 bits per heavy atom. The predicted molar refractivity (Wildman–Crippen MR) is 123 cm³/mol. The first-order chi connectivity index (χ1) is 14.3. The first-order valence-electron chi connectivity index (χ1n) is 10.8. The fourth-order valence-corrected chi connectivity index (χ4v) is 4.19. The number of ether oxygens (including phenoxy) is 1. The van der Waals surface area contributed by atoms with E-state index < -0.39 is 0 Å². The van der Waals surface area contributed by atoms with Crippen LogP contribution in [0, 0.1) is 0 Å². The third-order valence-electron chi connectivity index (χ3n) is 6.37. The second-order valence-corrected chi connectivity index (χ2v) is 9.04. The van der Waals surface area contributed by atoms with Crippen LogP contribution >= 0.6 is 0 Å². The van der Waals surface area contributed by atoms with Gasteiger partial charge in [-0.25, -0.2) is 4.99 Å². The van der Waals surface area contributed by atoms with Crippen LogP contribution in [0.2, 0.25) is 0 Å². The van der Waals surface area contributed by atoms with Crippen molar-refractivity contribution in [2.75, 3.05) is 20.2 Å². The second kappa shape index (κ2) is 9.07. The maximum atomic E-state index is 13.5. The van der Waals surface area contributed by atoms with Crippen molar-refractivity contribution in [2.24, 2.45) is 4.99 Å². The summed E-state index contributed by atoms with van der Waals surface area (Å²) in [6, 6.07) is 8.28. The number of rotatable bonds is 7. The fraction of sp³-hybridized carbons (Fsp3) is 0.520. The van der Waals surface area contributed by atoms with E-state index in [1.165, 1.54) is 5.56 Å². The van der Waals surface area contributed by atoms with E-state index in [-0.39, 0.29) is 11.4 Å². The van der Waals surface area contributed by atoms with Gasteiger partial charge in [-0.15, -0.1) is 0 Å². The number of aliphatic imine (C=N–C) groups is 1. The maximum Gasteiger partial charge on any atom is 0.254 e. The molecule has 1 aromatic carbocycles. The van der Waals surface area contributed by atoms with Gasteiger partial charge in [0.25, 0.3) is 5.91 Å². The molecule has 0 spiro atoms. The average molecular weight is 410 g/mol. The molecule has 1 saturated carbocycles. The van der Waals surface area contributed by atoms with Crippen LogP contribution in [0.25, 0.3) is 0 Å². The molecule has 5 heteroatoms. The first-order valence-corrected chi connectivity index (χ1v) is 10.8. The summed E-state index contributed by atoms with van der Waals surface area (Å²) in [4.78, 5) is 19.7. The number of methoxy groups -OCH3 is 1. The molecule has 1 amide bonds. The van der Waals surface area contributed by atoms with Crippen LogP contribution in [0.15, 0.2) is 51.8 Å². The SMILES string of the molecule is C=N/C(NC1(C)CC1)=C(\C)C(C(=O)N1CCC(c2cccc(OC)c2)CC1)=C(C)C. The smallest absolute Gasteiger partial charge is 0.254 e. The molecule has 162 valence electrons. The molecule has 0 radical (unpaired) electrons. The van der Waals surface area contributed by atoms with Crippen molar-refractivity contribution in [1.29, 1.82) is 0 Å². The fourth-order valence-electron chi connectivity index (χ4n) is 4.19. The summed E-state index contributed by atoms with van der Waals surface area (Å²) in [5, 5.41) is 3.48. The summed E-state index contributed by atoms with van der Waals surface area (Å²) in [6.45, 7) is 13.4. The van der Waals surface area contributed by atoms with Gasteiger partial charge in [-0.3, -0.25) is 4.79 Å². The van der Waals surface area contributed by atoms with E-state index in [9.17, 15) is 4.79 Å². The third-order valence-corrected chi connectivity index (χ3v) is 6.37. The lowest BCUT2D eigenvalue weighted by molar-refractivity contribution is -0.128. The Morgan fingerprint density at radius 3 is 2.43 bits per heavy atom. The molecule has 1 aliphatic carbocycles. The van der Waals surface area contributed by atoms with Gasteiger partial charge in [-0.2, -0.15) is 0 Å². The highest BCUT2D eigenvalue weighted by Crippen LogP contribution is 2.37. The molecule has 1 aromatic rings. The Morgan fingerprint density at radius 2 is 1.90 bits per heavy atom. The minimum Gasteiger partial charge on any atom is -0.497 e. The maximum absolute atomic E-state index is 13.5. The van der Waals surface area contributed by atoms with E-state index >= 15 is 0 Å². The highest BCUT2D eigenvalue weighted by atomic mass is 16.5. The molecule has 5 nitrogen and oxygen atoms in total.